The van der Waals surface area contributed by atoms with Crippen molar-refractivity contribution in [3.05, 3.63) is 44.6 Å². The van der Waals surface area contributed by atoms with Gasteiger partial charge in [0.25, 0.3) is 0 Å². The van der Waals surface area contributed by atoms with Gasteiger partial charge in [0.2, 0.25) is 0 Å². The van der Waals surface area contributed by atoms with E-state index in [4.69, 9.17) is 22.4 Å². The van der Waals surface area contributed by atoms with Gasteiger partial charge in [-0.25, -0.2) is 9.48 Å². The summed E-state index contributed by atoms with van der Waals surface area (Å²) in [5.41, 5.74) is 6.59. The number of benzene rings is 1. The van der Waals surface area contributed by atoms with Crippen LogP contribution in [0, 0.1) is 0 Å². The van der Waals surface area contributed by atoms with Gasteiger partial charge in [0.15, 0.2) is 5.69 Å². The monoisotopic (exact) mass is 344 g/mol. The number of carboxylic acid groups (broad SMARTS) is 1. The summed E-state index contributed by atoms with van der Waals surface area (Å²) in [7, 11) is 0. The molecule has 8 heteroatoms. The summed E-state index contributed by atoms with van der Waals surface area (Å²) in [5, 5.41) is 16.9. The maximum Gasteiger partial charge on any atom is 0.358 e. The molecule has 1 heterocycles. The number of aromatic nitrogens is 3. The molecule has 1 aromatic carbocycles. The highest BCUT2D eigenvalue weighted by Gasteiger charge is 2.18. The second-order valence-corrected chi connectivity index (χ2v) is 5.11. The van der Waals surface area contributed by atoms with Crippen LogP contribution in [0.25, 0.3) is 0 Å². The van der Waals surface area contributed by atoms with Gasteiger partial charge in [-0.15, -0.1) is 5.10 Å². The summed E-state index contributed by atoms with van der Waals surface area (Å²) in [5.74, 6) is -1.14. The fourth-order valence-electron chi connectivity index (χ4n) is 1.64. The van der Waals surface area contributed by atoms with E-state index in [0.717, 1.165) is 10.0 Å². The van der Waals surface area contributed by atoms with Crippen molar-refractivity contribution in [2.75, 3.05) is 0 Å². The number of rotatable bonds is 4. The first kappa shape index (κ1) is 14.0. The lowest BCUT2D eigenvalue weighted by Crippen LogP contribution is -2.13. The number of hydrogen-bond donors (Lipinski definition) is 2. The van der Waals surface area contributed by atoms with Crippen molar-refractivity contribution in [2.45, 2.75) is 13.1 Å². The average molecular weight is 346 g/mol. The predicted octanol–water partition coefficient (Wildman–Crippen LogP) is 1.90. The zero-order valence-corrected chi connectivity index (χ0v) is 12.0. The third kappa shape index (κ3) is 2.94. The van der Waals surface area contributed by atoms with Crippen LogP contribution in [-0.4, -0.2) is 26.1 Å². The van der Waals surface area contributed by atoms with Crippen LogP contribution in [0.2, 0.25) is 5.02 Å². The summed E-state index contributed by atoms with van der Waals surface area (Å²) in [6, 6.07) is 5.43. The van der Waals surface area contributed by atoms with Gasteiger partial charge in [-0.3, -0.25) is 0 Å². The molecular weight excluding hydrogens is 336 g/mol. The van der Waals surface area contributed by atoms with Crippen LogP contribution in [0.3, 0.4) is 0 Å². The summed E-state index contributed by atoms with van der Waals surface area (Å²) in [6.45, 7) is 0.363. The molecule has 0 unspecified atom stereocenters. The molecule has 0 radical (unpaired) electrons. The van der Waals surface area contributed by atoms with Crippen LogP contribution < -0.4 is 5.73 Å². The third-order valence-electron chi connectivity index (χ3n) is 2.57. The quantitative estimate of drug-likeness (QED) is 0.882. The Bertz CT molecular complexity index is 629. The first-order chi connectivity index (χ1) is 9.02. The molecule has 100 valence electrons. The van der Waals surface area contributed by atoms with Gasteiger partial charge in [0, 0.05) is 16.0 Å². The molecule has 0 atom stereocenters. The first-order valence-electron chi connectivity index (χ1n) is 5.32. The van der Waals surface area contributed by atoms with Crippen LogP contribution in [-0.2, 0) is 13.1 Å². The normalized spacial score (nSPS) is 10.7. The molecule has 0 aliphatic rings. The van der Waals surface area contributed by atoms with E-state index in [2.05, 4.69) is 26.2 Å². The lowest BCUT2D eigenvalue weighted by atomic mass is 10.2. The molecular formula is C11H10BrClN4O2. The van der Waals surface area contributed by atoms with Gasteiger partial charge in [0.05, 0.1) is 12.2 Å². The third-order valence-corrected chi connectivity index (χ3v) is 3.41. The van der Waals surface area contributed by atoms with E-state index in [0.29, 0.717) is 17.3 Å². The Hall–Kier alpha value is -1.44. The standard InChI is InChI=1S/C11H10BrClN4O2/c12-7-2-1-6(8(13)3-7)5-17-9(4-14)10(11(18)19)15-16-17/h1-3H,4-5,14H2,(H,18,19). The van der Waals surface area contributed by atoms with Crippen molar-refractivity contribution in [3.63, 3.8) is 0 Å². The molecule has 19 heavy (non-hydrogen) atoms. The van der Waals surface area contributed by atoms with Crippen molar-refractivity contribution >= 4 is 33.5 Å². The molecule has 0 aliphatic carbocycles. The summed E-state index contributed by atoms with van der Waals surface area (Å²) in [4.78, 5) is 11.0. The van der Waals surface area contributed by atoms with Gasteiger partial charge >= 0.3 is 5.97 Å². The van der Waals surface area contributed by atoms with Crippen molar-refractivity contribution in [3.8, 4) is 0 Å². The smallest absolute Gasteiger partial charge is 0.358 e. The molecule has 0 saturated carbocycles. The molecule has 6 nitrogen and oxygen atoms in total. The Balaban J connectivity index is 2.35. The minimum absolute atomic E-state index is 0.0444. The highest BCUT2D eigenvalue weighted by Crippen LogP contribution is 2.22. The highest BCUT2D eigenvalue weighted by molar-refractivity contribution is 9.10. The zero-order chi connectivity index (χ0) is 14.0. The van der Waals surface area contributed by atoms with E-state index in [1.54, 1.807) is 6.07 Å². The summed E-state index contributed by atoms with van der Waals surface area (Å²) in [6.07, 6.45) is 0. The van der Waals surface area contributed by atoms with Gasteiger partial charge in [-0.05, 0) is 17.7 Å². The lowest BCUT2D eigenvalue weighted by Gasteiger charge is -2.07. The van der Waals surface area contributed by atoms with Gasteiger partial charge in [0.1, 0.15) is 0 Å². The molecule has 0 spiro atoms. The van der Waals surface area contributed by atoms with Crippen molar-refractivity contribution in [2.24, 2.45) is 5.73 Å². The first-order valence-corrected chi connectivity index (χ1v) is 6.49. The fraction of sp³-hybridized carbons (Fsp3) is 0.182. The second-order valence-electron chi connectivity index (χ2n) is 3.79. The highest BCUT2D eigenvalue weighted by atomic mass is 79.9. The van der Waals surface area contributed by atoms with Gasteiger partial charge < -0.3 is 10.8 Å². The number of nitrogens with zero attached hydrogens (tertiary/aromatic N) is 3. The molecule has 0 aliphatic heterocycles. The Morgan fingerprint density at radius 3 is 2.84 bits per heavy atom. The SMILES string of the molecule is NCc1c(C(=O)O)nnn1Cc1ccc(Br)cc1Cl. The van der Waals surface area contributed by atoms with Crippen LogP contribution in [0.15, 0.2) is 22.7 Å². The van der Waals surface area contributed by atoms with Crippen LogP contribution >= 0.6 is 27.5 Å². The topological polar surface area (TPSA) is 94.0 Å². The number of carbonyl (C=O) groups is 1. The molecule has 2 aromatic rings. The predicted molar refractivity (Wildman–Crippen MR) is 73.1 cm³/mol. The van der Waals surface area contributed by atoms with Crippen molar-refractivity contribution in [1.29, 1.82) is 0 Å². The van der Waals surface area contributed by atoms with Gasteiger partial charge in [-0.2, -0.15) is 0 Å². The average Bonchev–Trinajstić information content (AvgIpc) is 2.75. The van der Waals surface area contributed by atoms with E-state index in [-0.39, 0.29) is 12.2 Å². The second kappa shape index (κ2) is 5.68. The maximum absolute atomic E-state index is 11.0. The van der Waals surface area contributed by atoms with E-state index in [1.807, 2.05) is 12.1 Å². The molecule has 2 rings (SSSR count). The molecule has 0 bridgehead atoms. The Morgan fingerprint density at radius 1 is 1.53 bits per heavy atom. The van der Waals surface area contributed by atoms with Crippen molar-refractivity contribution in [1.82, 2.24) is 15.0 Å². The van der Waals surface area contributed by atoms with E-state index < -0.39 is 5.97 Å². The lowest BCUT2D eigenvalue weighted by molar-refractivity contribution is 0.0689. The number of carboxylic acids is 1. The minimum atomic E-state index is -1.14. The summed E-state index contributed by atoms with van der Waals surface area (Å²) < 4.78 is 2.31. The largest absolute Gasteiger partial charge is 0.476 e. The Morgan fingerprint density at radius 2 is 2.26 bits per heavy atom. The molecule has 3 N–H and O–H groups in total. The molecule has 0 saturated heterocycles. The zero-order valence-electron chi connectivity index (χ0n) is 9.68. The summed E-state index contributed by atoms with van der Waals surface area (Å²) >= 11 is 9.42. The van der Waals surface area contributed by atoms with Crippen molar-refractivity contribution < 1.29 is 9.90 Å². The molecule has 1 aromatic heterocycles. The number of halogens is 2. The minimum Gasteiger partial charge on any atom is -0.476 e. The van der Waals surface area contributed by atoms with E-state index in [1.165, 1.54) is 4.68 Å². The number of nitrogens with two attached hydrogens (primary N) is 1. The Kier molecular flexibility index (Phi) is 4.18. The van der Waals surface area contributed by atoms with Crippen LogP contribution in [0.5, 0.6) is 0 Å². The molecule has 0 amide bonds. The number of hydrogen-bond acceptors (Lipinski definition) is 4. The molecule has 0 fully saturated rings. The van der Waals surface area contributed by atoms with Crippen LogP contribution in [0.1, 0.15) is 21.7 Å². The van der Waals surface area contributed by atoms with Gasteiger partial charge in [-0.1, -0.05) is 38.8 Å². The van der Waals surface area contributed by atoms with E-state index in [9.17, 15) is 4.79 Å². The van der Waals surface area contributed by atoms with E-state index >= 15 is 0 Å². The number of aromatic carboxylic acids is 1. The maximum atomic E-state index is 11.0. The fourth-order valence-corrected chi connectivity index (χ4v) is 2.37. The van der Waals surface area contributed by atoms with Crippen LogP contribution in [0.4, 0.5) is 0 Å². The Labute approximate surface area is 122 Å².